The van der Waals surface area contributed by atoms with Crippen LogP contribution in [0.3, 0.4) is 0 Å². The molecule has 0 N–H and O–H groups in total. The maximum absolute atomic E-state index is 12.9. The average molecular weight is 366 g/mol. The number of hydrogen-bond donors (Lipinski definition) is 0. The SMILES string of the molecule is CC(=O)N(Cc1ccc2c(c1)OCO2)[C@@H]1CC(=O)N(c2ccccc2)C1=O. The Morgan fingerprint density at radius 1 is 1.11 bits per heavy atom. The van der Waals surface area contributed by atoms with E-state index in [0.29, 0.717) is 17.2 Å². The second-order valence-corrected chi connectivity index (χ2v) is 6.46. The smallest absolute Gasteiger partial charge is 0.257 e. The molecule has 2 aromatic carbocycles. The molecule has 1 fully saturated rings. The Morgan fingerprint density at radius 2 is 1.85 bits per heavy atom. The molecule has 1 saturated heterocycles. The molecule has 0 aliphatic carbocycles. The Labute approximate surface area is 156 Å². The Bertz CT molecular complexity index is 912. The van der Waals surface area contributed by atoms with Crippen molar-refractivity contribution in [3.05, 3.63) is 54.1 Å². The molecule has 0 radical (unpaired) electrons. The zero-order valence-corrected chi connectivity index (χ0v) is 14.8. The summed E-state index contributed by atoms with van der Waals surface area (Å²) in [6, 6.07) is 13.3. The number of para-hydroxylation sites is 1. The minimum absolute atomic E-state index is 0.0299. The molecule has 0 aromatic heterocycles. The predicted octanol–water partition coefficient (Wildman–Crippen LogP) is 2.10. The molecular formula is C20H18N2O5. The second kappa shape index (κ2) is 6.75. The van der Waals surface area contributed by atoms with Crippen molar-refractivity contribution in [2.24, 2.45) is 0 Å². The van der Waals surface area contributed by atoms with Gasteiger partial charge in [-0.25, -0.2) is 4.90 Å². The maximum atomic E-state index is 12.9. The zero-order chi connectivity index (χ0) is 19.0. The molecule has 7 heteroatoms. The summed E-state index contributed by atoms with van der Waals surface area (Å²) in [7, 11) is 0. The van der Waals surface area contributed by atoms with Crippen molar-refractivity contribution >= 4 is 23.4 Å². The standard InChI is InChI=1S/C20H18N2O5/c1-13(23)21(11-14-7-8-17-18(9-14)27-12-26-17)16-10-19(24)22(20(16)25)15-5-3-2-4-6-15/h2-9,16H,10-12H2,1H3/t16-/m1/s1. The van der Waals surface area contributed by atoms with E-state index in [0.717, 1.165) is 10.5 Å². The lowest BCUT2D eigenvalue weighted by Gasteiger charge is -2.26. The number of imide groups is 1. The molecule has 2 aromatic rings. The first kappa shape index (κ1) is 17.1. The van der Waals surface area contributed by atoms with Gasteiger partial charge in [0.15, 0.2) is 11.5 Å². The van der Waals surface area contributed by atoms with Gasteiger partial charge in [0.05, 0.1) is 12.1 Å². The molecular weight excluding hydrogens is 348 g/mol. The van der Waals surface area contributed by atoms with Crippen LogP contribution in [0.2, 0.25) is 0 Å². The van der Waals surface area contributed by atoms with Gasteiger partial charge in [0.2, 0.25) is 18.6 Å². The quantitative estimate of drug-likeness (QED) is 0.775. The zero-order valence-electron chi connectivity index (χ0n) is 14.8. The fourth-order valence-corrected chi connectivity index (χ4v) is 3.38. The number of carbonyl (C=O) groups excluding carboxylic acids is 3. The highest BCUT2D eigenvalue weighted by molar-refractivity contribution is 6.22. The molecule has 2 heterocycles. The number of amides is 3. The molecule has 0 spiro atoms. The first-order valence-electron chi connectivity index (χ1n) is 8.62. The van der Waals surface area contributed by atoms with Gasteiger partial charge in [0.25, 0.3) is 5.91 Å². The number of fused-ring (bicyclic) bond motifs is 1. The van der Waals surface area contributed by atoms with E-state index in [9.17, 15) is 14.4 Å². The van der Waals surface area contributed by atoms with Crippen molar-refractivity contribution in [2.75, 3.05) is 11.7 Å². The molecule has 0 bridgehead atoms. The fraction of sp³-hybridized carbons (Fsp3) is 0.250. The van der Waals surface area contributed by atoms with Crippen LogP contribution in [0.15, 0.2) is 48.5 Å². The van der Waals surface area contributed by atoms with Gasteiger partial charge in [0.1, 0.15) is 6.04 Å². The molecule has 4 rings (SSSR count). The van der Waals surface area contributed by atoms with Gasteiger partial charge in [-0.2, -0.15) is 0 Å². The van der Waals surface area contributed by atoms with Crippen molar-refractivity contribution < 1.29 is 23.9 Å². The van der Waals surface area contributed by atoms with Crippen LogP contribution in [0, 0.1) is 0 Å². The molecule has 2 aliphatic heterocycles. The summed E-state index contributed by atoms with van der Waals surface area (Å²) in [5.41, 5.74) is 1.31. The van der Waals surface area contributed by atoms with E-state index in [2.05, 4.69) is 0 Å². The van der Waals surface area contributed by atoms with Crippen LogP contribution in [-0.2, 0) is 20.9 Å². The fourth-order valence-electron chi connectivity index (χ4n) is 3.38. The molecule has 2 aliphatic rings. The number of benzene rings is 2. The van der Waals surface area contributed by atoms with Crippen LogP contribution in [0.4, 0.5) is 5.69 Å². The molecule has 27 heavy (non-hydrogen) atoms. The maximum Gasteiger partial charge on any atom is 0.257 e. The lowest BCUT2D eigenvalue weighted by atomic mass is 10.1. The molecule has 3 amide bonds. The summed E-state index contributed by atoms with van der Waals surface area (Å²) in [5.74, 6) is 0.287. The lowest BCUT2D eigenvalue weighted by Crippen LogP contribution is -2.44. The lowest BCUT2D eigenvalue weighted by molar-refractivity contribution is -0.137. The van der Waals surface area contributed by atoms with E-state index >= 15 is 0 Å². The van der Waals surface area contributed by atoms with Gasteiger partial charge < -0.3 is 14.4 Å². The van der Waals surface area contributed by atoms with Crippen LogP contribution in [-0.4, -0.2) is 35.5 Å². The Kier molecular flexibility index (Phi) is 4.27. The van der Waals surface area contributed by atoms with Gasteiger partial charge in [-0.1, -0.05) is 24.3 Å². The number of hydrogen-bond acceptors (Lipinski definition) is 5. The summed E-state index contributed by atoms with van der Waals surface area (Å²) in [5, 5.41) is 0. The molecule has 0 unspecified atom stereocenters. The van der Waals surface area contributed by atoms with Crippen LogP contribution in [0.25, 0.3) is 0 Å². The second-order valence-electron chi connectivity index (χ2n) is 6.46. The minimum atomic E-state index is -0.819. The van der Waals surface area contributed by atoms with Crippen LogP contribution < -0.4 is 14.4 Å². The number of rotatable bonds is 4. The number of carbonyl (C=O) groups is 3. The van der Waals surface area contributed by atoms with Crippen molar-refractivity contribution in [2.45, 2.75) is 25.9 Å². The third-order valence-electron chi connectivity index (χ3n) is 4.71. The van der Waals surface area contributed by atoms with Crippen LogP contribution in [0.1, 0.15) is 18.9 Å². The highest BCUT2D eigenvalue weighted by Gasteiger charge is 2.43. The summed E-state index contributed by atoms with van der Waals surface area (Å²) in [6.45, 7) is 1.77. The first-order valence-corrected chi connectivity index (χ1v) is 8.62. The minimum Gasteiger partial charge on any atom is -0.454 e. The van der Waals surface area contributed by atoms with E-state index in [1.807, 2.05) is 12.1 Å². The van der Waals surface area contributed by atoms with Crippen molar-refractivity contribution in [3.8, 4) is 11.5 Å². The van der Waals surface area contributed by atoms with Crippen molar-refractivity contribution in [1.29, 1.82) is 0 Å². The largest absolute Gasteiger partial charge is 0.454 e. The van der Waals surface area contributed by atoms with Gasteiger partial charge in [-0.3, -0.25) is 14.4 Å². The summed E-state index contributed by atoms with van der Waals surface area (Å²) in [4.78, 5) is 40.2. The van der Waals surface area contributed by atoms with E-state index in [-0.39, 0.29) is 37.5 Å². The summed E-state index contributed by atoms with van der Waals surface area (Å²) in [6.07, 6.45) is -0.0299. The van der Waals surface area contributed by atoms with Crippen LogP contribution in [0.5, 0.6) is 11.5 Å². The van der Waals surface area contributed by atoms with Gasteiger partial charge in [-0.05, 0) is 29.8 Å². The Hall–Kier alpha value is -3.35. The first-order chi connectivity index (χ1) is 13.0. The van der Waals surface area contributed by atoms with Gasteiger partial charge in [-0.15, -0.1) is 0 Å². The van der Waals surface area contributed by atoms with E-state index in [1.165, 1.54) is 11.8 Å². The number of nitrogens with zero attached hydrogens (tertiary/aromatic N) is 2. The van der Waals surface area contributed by atoms with Gasteiger partial charge in [0, 0.05) is 13.5 Å². The average Bonchev–Trinajstić information content (AvgIpc) is 3.23. The van der Waals surface area contributed by atoms with Gasteiger partial charge >= 0.3 is 0 Å². The highest BCUT2D eigenvalue weighted by Crippen LogP contribution is 2.33. The molecule has 7 nitrogen and oxygen atoms in total. The summed E-state index contributed by atoms with van der Waals surface area (Å²) >= 11 is 0. The van der Waals surface area contributed by atoms with Crippen molar-refractivity contribution in [3.63, 3.8) is 0 Å². The molecule has 0 saturated carbocycles. The molecule has 1 atom stereocenters. The molecule has 138 valence electrons. The monoisotopic (exact) mass is 366 g/mol. The third kappa shape index (κ3) is 3.12. The normalized spacial score (nSPS) is 18.1. The third-order valence-corrected chi connectivity index (χ3v) is 4.71. The predicted molar refractivity (Wildman–Crippen MR) is 96.1 cm³/mol. The number of ether oxygens (including phenoxy) is 2. The van der Waals surface area contributed by atoms with Crippen molar-refractivity contribution in [1.82, 2.24) is 4.90 Å². The highest BCUT2D eigenvalue weighted by atomic mass is 16.7. The van der Waals surface area contributed by atoms with E-state index in [4.69, 9.17) is 9.47 Å². The Morgan fingerprint density at radius 3 is 2.59 bits per heavy atom. The summed E-state index contributed by atoms with van der Waals surface area (Å²) < 4.78 is 10.7. The van der Waals surface area contributed by atoms with Crippen LogP contribution >= 0.6 is 0 Å². The number of anilines is 1. The van der Waals surface area contributed by atoms with E-state index in [1.54, 1.807) is 36.4 Å². The Balaban J connectivity index is 1.58. The topological polar surface area (TPSA) is 76.2 Å². The van der Waals surface area contributed by atoms with E-state index < -0.39 is 6.04 Å².